The molecule has 0 amide bonds. The Hall–Kier alpha value is -1.02. The van der Waals surface area contributed by atoms with Gasteiger partial charge in [-0.15, -0.1) is 0 Å². The second-order valence-corrected chi connectivity index (χ2v) is 6.56. The predicted octanol–water partition coefficient (Wildman–Crippen LogP) is 3.78. The first-order valence-electron chi connectivity index (χ1n) is 6.87. The van der Waals surface area contributed by atoms with Crippen LogP contribution in [0.2, 0.25) is 0 Å². The summed E-state index contributed by atoms with van der Waals surface area (Å²) in [7, 11) is 0. The minimum Gasteiger partial charge on any atom is -0.493 e. The molecule has 1 aliphatic rings. The molecule has 1 N–H and O–H groups in total. The maximum atomic E-state index is 5.79. The van der Waals surface area contributed by atoms with Crippen LogP contribution in [-0.4, -0.2) is 12.6 Å². The van der Waals surface area contributed by atoms with Crippen LogP contribution in [0.5, 0.6) is 5.75 Å². The smallest absolute Gasteiger partial charge is 0.124 e. The third kappa shape index (κ3) is 2.69. The fourth-order valence-electron chi connectivity index (χ4n) is 2.27. The molecule has 2 rings (SSSR count). The normalized spacial score (nSPS) is 25.2. The molecule has 18 heavy (non-hydrogen) atoms. The zero-order valence-electron chi connectivity index (χ0n) is 12.2. The highest BCUT2D eigenvalue weighted by molar-refractivity contribution is 5.38. The fraction of sp³-hybridized carbons (Fsp3) is 0.625. The van der Waals surface area contributed by atoms with E-state index >= 15 is 0 Å². The highest BCUT2D eigenvalue weighted by atomic mass is 16.5. The van der Waals surface area contributed by atoms with Crippen molar-refractivity contribution in [3.8, 4) is 5.75 Å². The highest BCUT2D eigenvalue weighted by Crippen LogP contribution is 2.36. The SMILES string of the molecule is CC1COc2ccccc2C1NC(C)C(C)(C)C. The third-order valence-electron chi connectivity index (χ3n) is 4.05. The van der Waals surface area contributed by atoms with Gasteiger partial charge in [-0.05, 0) is 18.4 Å². The van der Waals surface area contributed by atoms with Crippen LogP contribution in [0.15, 0.2) is 24.3 Å². The minimum atomic E-state index is 0.271. The van der Waals surface area contributed by atoms with Gasteiger partial charge in [0.05, 0.1) is 6.61 Å². The van der Waals surface area contributed by atoms with Crippen LogP contribution in [0.1, 0.15) is 46.2 Å². The van der Waals surface area contributed by atoms with E-state index in [2.05, 4.69) is 58.1 Å². The van der Waals surface area contributed by atoms with Gasteiger partial charge in [0.1, 0.15) is 5.75 Å². The fourth-order valence-corrected chi connectivity index (χ4v) is 2.27. The second-order valence-electron chi connectivity index (χ2n) is 6.56. The predicted molar refractivity (Wildman–Crippen MR) is 75.9 cm³/mol. The molecule has 2 heteroatoms. The van der Waals surface area contributed by atoms with Gasteiger partial charge in [-0.1, -0.05) is 45.9 Å². The van der Waals surface area contributed by atoms with Gasteiger partial charge in [0.2, 0.25) is 0 Å². The molecule has 0 radical (unpaired) electrons. The van der Waals surface area contributed by atoms with E-state index in [1.54, 1.807) is 0 Å². The summed E-state index contributed by atoms with van der Waals surface area (Å²) in [6.07, 6.45) is 0. The molecule has 2 nitrogen and oxygen atoms in total. The van der Waals surface area contributed by atoms with E-state index in [1.165, 1.54) is 5.56 Å². The lowest BCUT2D eigenvalue weighted by Gasteiger charge is -2.38. The van der Waals surface area contributed by atoms with Crippen molar-refractivity contribution in [3.05, 3.63) is 29.8 Å². The maximum absolute atomic E-state index is 5.79. The van der Waals surface area contributed by atoms with Crippen molar-refractivity contribution in [2.24, 2.45) is 11.3 Å². The van der Waals surface area contributed by atoms with E-state index in [0.717, 1.165) is 12.4 Å². The molecule has 1 aliphatic heterocycles. The molecule has 0 spiro atoms. The average molecular weight is 247 g/mol. The van der Waals surface area contributed by atoms with Crippen LogP contribution in [0.25, 0.3) is 0 Å². The zero-order chi connectivity index (χ0) is 13.3. The summed E-state index contributed by atoms with van der Waals surface area (Å²) in [5, 5.41) is 3.78. The van der Waals surface area contributed by atoms with Crippen molar-refractivity contribution in [2.45, 2.75) is 46.7 Å². The number of nitrogens with one attached hydrogen (secondary N) is 1. The lowest BCUT2D eigenvalue weighted by molar-refractivity contribution is 0.160. The molecule has 0 bridgehead atoms. The Morgan fingerprint density at radius 2 is 1.94 bits per heavy atom. The van der Waals surface area contributed by atoms with Crippen LogP contribution in [0.4, 0.5) is 0 Å². The van der Waals surface area contributed by atoms with E-state index in [9.17, 15) is 0 Å². The lowest BCUT2D eigenvalue weighted by atomic mass is 9.85. The Kier molecular flexibility index (Phi) is 3.67. The van der Waals surface area contributed by atoms with E-state index in [4.69, 9.17) is 4.74 Å². The number of hydrogen-bond donors (Lipinski definition) is 1. The van der Waals surface area contributed by atoms with Crippen LogP contribution in [0, 0.1) is 11.3 Å². The number of rotatable bonds is 2. The van der Waals surface area contributed by atoms with Gasteiger partial charge in [-0.3, -0.25) is 0 Å². The molecular formula is C16H25NO. The first-order chi connectivity index (χ1) is 8.39. The molecule has 1 heterocycles. The quantitative estimate of drug-likeness (QED) is 0.858. The van der Waals surface area contributed by atoms with Crippen LogP contribution in [-0.2, 0) is 0 Å². The van der Waals surface area contributed by atoms with Gasteiger partial charge in [-0.25, -0.2) is 0 Å². The Morgan fingerprint density at radius 1 is 1.28 bits per heavy atom. The number of hydrogen-bond acceptors (Lipinski definition) is 2. The molecular weight excluding hydrogens is 222 g/mol. The standard InChI is InChI=1S/C16H25NO/c1-11-10-18-14-9-7-6-8-13(14)15(11)17-12(2)16(3,4)5/h6-9,11-12,15,17H,10H2,1-5H3. The third-order valence-corrected chi connectivity index (χ3v) is 4.05. The molecule has 0 saturated carbocycles. The molecule has 0 fully saturated rings. The van der Waals surface area contributed by atoms with Crippen molar-refractivity contribution in [1.29, 1.82) is 0 Å². The molecule has 1 aromatic rings. The average Bonchev–Trinajstić information content (AvgIpc) is 2.31. The number of fused-ring (bicyclic) bond motifs is 1. The van der Waals surface area contributed by atoms with Crippen molar-refractivity contribution < 1.29 is 4.74 Å². The lowest BCUT2D eigenvalue weighted by Crippen LogP contribution is -2.44. The van der Waals surface area contributed by atoms with Crippen molar-refractivity contribution in [2.75, 3.05) is 6.61 Å². The largest absolute Gasteiger partial charge is 0.493 e. The molecule has 0 saturated heterocycles. The zero-order valence-corrected chi connectivity index (χ0v) is 12.2. The summed E-state index contributed by atoms with van der Waals surface area (Å²) >= 11 is 0. The van der Waals surface area contributed by atoms with Crippen molar-refractivity contribution >= 4 is 0 Å². The van der Waals surface area contributed by atoms with E-state index in [-0.39, 0.29) is 5.41 Å². The summed E-state index contributed by atoms with van der Waals surface area (Å²) in [6.45, 7) is 12.2. The van der Waals surface area contributed by atoms with E-state index in [1.807, 2.05) is 6.07 Å². The Bertz CT molecular complexity index is 408. The number of para-hydroxylation sites is 1. The topological polar surface area (TPSA) is 21.3 Å². The van der Waals surface area contributed by atoms with Crippen LogP contribution >= 0.6 is 0 Å². The van der Waals surface area contributed by atoms with Crippen molar-refractivity contribution in [1.82, 2.24) is 5.32 Å². The maximum Gasteiger partial charge on any atom is 0.124 e. The van der Waals surface area contributed by atoms with Gasteiger partial charge in [0.25, 0.3) is 0 Å². The van der Waals surface area contributed by atoms with Crippen LogP contribution < -0.4 is 10.1 Å². The summed E-state index contributed by atoms with van der Waals surface area (Å²) in [4.78, 5) is 0. The number of ether oxygens (including phenoxy) is 1. The molecule has 1 aromatic carbocycles. The summed E-state index contributed by atoms with van der Waals surface area (Å²) in [6, 6.07) is 9.24. The molecule has 3 atom stereocenters. The minimum absolute atomic E-state index is 0.271. The number of benzene rings is 1. The van der Waals surface area contributed by atoms with E-state index < -0.39 is 0 Å². The van der Waals surface area contributed by atoms with E-state index in [0.29, 0.717) is 18.0 Å². The summed E-state index contributed by atoms with van der Waals surface area (Å²) < 4.78 is 5.79. The molecule has 3 unspecified atom stereocenters. The Balaban J connectivity index is 2.22. The van der Waals surface area contributed by atoms with Gasteiger partial charge >= 0.3 is 0 Å². The second kappa shape index (κ2) is 4.93. The van der Waals surface area contributed by atoms with Gasteiger partial charge in [-0.2, -0.15) is 0 Å². The molecule has 100 valence electrons. The Morgan fingerprint density at radius 3 is 2.61 bits per heavy atom. The summed E-state index contributed by atoms with van der Waals surface area (Å²) in [5.41, 5.74) is 1.57. The molecule has 0 aliphatic carbocycles. The first-order valence-corrected chi connectivity index (χ1v) is 6.87. The van der Waals surface area contributed by atoms with Gasteiger partial charge in [0.15, 0.2) is 0 Å². The molecule has 0 aromatic heterocycles. The van der Waals surface area contributed by atoms with Gasteiger partial charge in [0, 0.05) is 23.6 Å². The first kappa shape index (κ1) is 13.4. The van der Waals surface area contributed by atoms with Crippen molar-refractivity contribution in [3.63, 3.8) is 0 Å². The Labute approximate surface area is 111 Å². The monoisotopic (exact) mass is 247 g/mol. The van der Waals surface area contributed by atoms with Gasteiger partial charge < -0.3 is 10.1 Å². The highest BCUT2D eigenvalue weighted by Gasteiger charge is 2.31. The summed E-state index contributed by atoms with van der Waals surface area (Å²) in [5.74, 6) is 1.54. The van der Waals surface area contributed by atoms with Crippen LogP contribution in [0.3, 0.4) is 0 Å².